The van der Waals surface area contributed by atoms with E-state index in [-0.39, 0.29) is 28.7 Å². The molecule has 2 unspecified atom stereocenters. The summed E-state index contributed by atoms with van der Waals surface area (Å²) in [6.07, 6.45) is 2.75. The number of sulfone groups is 1. The SMILES string of the molecule is CCS(=O)(=O)CC(C)C(C)Oc1ncc(C(C)(C)N=[N+]=[N-])c2cc(Cl)ncc12. The van der Waals surface area contributed by atoms with Crippen molar-refractivity contribution < 1.29 is 13.2 Å². The third-order valence-corrected chi connectivity index (χ3v) is 6.83. The van der Waals surface area contributed by atoms with E-state index in [4.69, 9.17) is 21.9 Å². The van der Waals surface area contributed by atoms with E-state index in [0.29, 0.717) is 22.2 Å². The first-order valence-electron chi connectivity index (χ1n) is 8.88. The fraction of sp³-hybridized carbons (Fsp3) is 0.556. The van der Waals surface area contributed by atoms with Gasteiger partial charge in [-0.2, -0.15) is 0 Å². The number of nitrogens with zero attached hydrogens (tertiary/aromatic N) is 5. The van der Waals surface area contributed by atoms with E-state index in [2.05, 4.69) is 20.0 Å². The highest BCUT2D eigenvalue weighted by atomic mass is 35.5. The van der Waals surface area contributed by atoms with Gasteiger partial charge >= 0.3 is 0 Å². The lowest BCUT2D eigenvalue weighted by molar-refractivity contribution is 0.167. The topological polar surface area (TPSA) is 118 Å². The number of ether oxygens (including phenoxy) is 1. The second kappa shape index (κ2) is 8.51. The molecular weight excluding hydrogens is 402 g/mol. The van der Waals surface area contributed by atoms with Crippen LogP contribution in [-0.2, 0) is 15.4 Å². The first-order valence-corrected chi connectivity index (χ1v) is 11.1. The van der Waals surface area contributed by atoms with E-state index in [9.17, 15) is 8.42 Å². The molecule has 0 radical (unpaired) electrons. The van der Waals surface area contributed by atoms with Crippen molar-refractivity contribution in [3.8, 4) is 5.88 Å². The highest BCUT2D eigenvalue weighted by Crippen LogP contribution is 2.36. The molecular formula is C18H24ClN5O3S. The molecule has 28 heavy (non-hydrogen) atoms. The quantitative estimate of drug-likeness (QED) is 0.263. The lowest BCUT2D eigenvalue weighted by Crippen LogP contribution is -2.29. The van der Waals surface area contributed by atoms with Gasteiger partial charge in [0.1, 0.15) is 21.1 Å². The molecule has 2 heterocycles. The van der Waals surface area contributed by atoms with Crippen LogP contribution >= 0.6 is 11.6 Å². The first kappa shape index (κ1) is 22.2. The molecule has 0 amide bonds. The van der Waals surface area contributed by atoms with Gasteiger partial charge in [-0.05, 0) is 29.5 Å². The van der Waals surface area contributed by atoms with E-state index in [1.54, 1.807) is 39.2 Å². The van der Waals surface area contributed by atoms with Crippen LogP contribution in [0.15, 0.2) is 23.6 Å². The lowest BCUT2D eigenvalue weighted by atomic mass is 9.93. The first-order chi connectivity index (χ1) is 13.0. The van der Waals surface area contributed by atoms with Crippen LogP contribution < -0.4 is 4.74 Å². The van der Waals surface area contributed by atoms with Crippen molar-refractivity contribution in [3.05, 3.63) is 39.6 Å². The largest absolute Gasteiger partial charge is 0.474 e. The number of hydrogen-bond donors (Lipinski definition) is 0. The summed E-state index contributed by atoms with van der Waals surface area (Å²) in [5.41, 5.74) is 8.70. The van der Waals surface area contributed by atoms with Crippen molar-refractivity contribution in [3.63, 3.8) is 0 Å². The van der Waals surface area contributed by atoms with Gasteiger partial charge in [-0.3, -0.25) is 0 Å². The van der Waals surface area contributed by atoms with E-state index in [0.717, 1.165) is 0 Å². The molecule has 0 aromatic carbocycles. The molecule has 152 valence electrons. The van der Waals surface area contributed by atoms with E-state index < -0.39 is 15.4 Å². The standard InChI is InChI=1S/C18H24ClN5O3S/c1-6-28(25,26)10-11(2)12(3)27-17-14-8-21-16(19)7-13(14)15(9-22-17)18(4,5)23-24-20/h7-9,11-12H,6,10H2,1-5H3. The normalized spacial score (nSPS) is 14.4. The number of hydrogen-bond acceptors (Lipinski definition) is 6. The molecule has 10 heteroatoms. The van der Waals surface area contributed by atoms with Crippen LogP contribution in [0.2, 0.25) is 5.15 Å². The molecule has 2 rings (SSSR count). The van der Waals surface area contributed by atoms with Gasteiger partial charge in [0, 0.05) is 29.0 Å². The van der Waals surface area contributed by atoms with Crippen molar-refractivity contribution >= 4 is 32.2 Å². The zero-order chi connectivity index (χ0) is 21.1. The van der Waals surface area contributed by atoms with E-state index in [1.807, 2.05) is 13.8 Å². The predicted octanol–water partition coefficient (Wildman–Crippen LogP) is 4.67. The van der Waals surface area contributed by atoms with Gasteiger partial charge in [0.15, 0.2) is 0 Å². The van der Waals surface area contributed by atoms with Crippen LogP contribution in [0, 0.1) is 5.92 Å². The summed E-state index contributed by atoms with van der Waals surface area (Å²) in [7, 11) is -3.11. The summed E-state index contributed by atoms with van der Waals surface area (Å²) in [6.45, 7) is 8.82. The van der Waals surface area contributed by atoms with Gasteiger partial charge in [0.25, 0.3) is 0 Å². The molecule has 0 saturated heterocycles. The lowest BCUT2D eigenvalue weighted by Gasteiger charge is -2.24. The minimum absolute atomic E-state index is 0.0364. The fourth-order valence-electron chi connectivity index (χ4n) is 2.78. The van der Waals surface area contributed by atoms with Gasteiger partial charge in [-0.25, -0.2) is 18.4 Å². The number of fused-ring (bicyclic) bond motifs is 1. The van der Waals surface area contributed by atoms with Crippen molar-refractivity contribution in [1.82, 2.24) is 9.97 Å². The number of pyridine rings is 2. The minimum Gasteiger partial charge on any atom is -0.474 e. The van der Waals surface area contributed by atoms with Gasteiger partial charge in [-0.1, -0.05) is 44.4 Å². The Morgan fingerprint density at radius 3 is 2.57 bits per heavy atom. The zero-order valence-corrected chi connectivity index (χ0v) is 18.1. The molecule has 0 aliphatic rings. The highest BCUT2D eigenvalue weighted by Gasteiger charge is 2.26. The number of halogens is 1. The summed E-state index contributed by atoms with van der Waals surface area (Å²) in [5, 5.41) is 5.46. The molecule has 8 nitrogen and oxygen atoms in total. The molecule has 0 spiro atoms. The molecule has 0 fully saturated rings. The third-order valence-electron chi connectivity index (χ3n) is 4.71. The Kier molecular flexibility index (Phi) is 6.75. The Hall–Kier alpha value is -2.09. The van der Waals surface area contributed by atoms with Gasteiger partial charge in [-0.15, -0.1) is 0 Å². The summed E-state index contributed by atoms with van der Waals surface area (Å²) in [6, 6.07) is 1.67. The van der Waals surface area contributed by atoms with Crippen molar-refractivity contribution in [2.75, 3.05) is 11.5 Å². The second-order valence-corrected chi connectivity index (χ2v) is 10.1. The summed E-state index contributed by atoms with van der Waals surface area (Å²) in [4.78, 5) is 11.4. The Bertz CT molecular complexity index is 1020. The van der Waals surface area contributed by atoms with Gasteiger partial charge in [0.2, 0.25) is 5.88 Å². The monoisotopic (exact) mass is 425 g/mol. The Balaban J connectivity index is 2.46. The molecule has 2 aromatic heterocycles. The van der Waals surface area contributed by atoms with Crippen LogP contribution in [0.5, 0.6) is 5.88 Å². The van der Waals surface area contributed by atoms with E-state index >= 15 is 0 Å². The average Bonchev–Trinajstić information content (AvgIpc) is 2.60. The van der Waals surface area contributed by atoms with Crippen molar-refractivity contribution in [1.29, 1.82) is 0 Å². The van der Waals surface area contributed by atoms with Crippen LogP contribution in [0.4, 0.5) is 0 Å². The highest BCUT2D eigenvalue weighted by molar-refractivity contribution is 7.91. The molecule has 0 aliphatic carbocycles. The molecule has 2 atom stereocenters. The Morgan fingerprint density at radius 1 is 1.29 bits per heavy atom. The van der Waals surface area contributed by atoms with Gasteiger partial charge < -0.3 is 4.74 Å². The van der Waals surface area contributed by atoms with Crippen LogP contribution in [0.3, 0.4) is 0 Å². The molecule has 0 bridgehead atoms. The third kappa shape index (κ3) is 5.04. The zero-order valence-electron chi connectivity index (χ0n) is 16.5. The van der Waals surface area contributed by atoms with E-state index in [1.165, 1.54) is 0 Å². The molecule has 0 saturated carbocycles. The summed E-state index contributed by atoms with van der Waals surface area (Å²) in [5.74, 6) is 0.236. The van der Waals surface area contributed by atoms with Gasteiger partial charge in [0.05, 0.1) is 16.7 Å². The number of rotatable bonds is 8. The molecule has 0 aliphatic heterocycles. The van der Waals surface area contributed by atoms with Crippen molar-refractivity contribution in [2.45, 2.75) is 46.3 Å². The van der Waals surface area contributed by atoms with Crippen molar-refractivity contribution in [2.24, 2.45) is 11.0 Å². The minimum atomic E-state index is -3.11. The Morgan fingerprint density at radius 2 is 1.96 bits per heavy atom. The maximum absolute atomic E-state index is 11.9. The number of aromatic nitrogens is 2. The fourth-order valence-corrected chi connectivity index (χ4v) is 4.24. The number of azide groups is 1. The maximum atomic E-state index is 11.9. The average molecular weight is 426 g/mol. The second-order valence-electron chi connectivity index (χ2n) is 7.28. The van der Waals surface area contributed by atoms with Crippen LogP contribution in [-0.4, -0.2) is 36.0 Å². The Labute approximate surface area is 169 Å². The summed E-state index contributed by atoms with van der Waals surface area (Å²) >= 11 is 6.07. The van der Waals surface area contributed by atoms with Crippen LogP contribution in [0.25, 0.3) is 21.2 Å². The summed E-state index contributed by atoms with van der Waals surface area (Å²) < 4.78 is 29.8. The smallest absolute Gasteiger partial charge is 0.223 e. The van der Waals surface area contributed by atoms with Crippen LogP contribution in [0.1, 0.15) is 40.2 Å². The predicted molar refractivity (Wildman–Crippen MR) is 110 cm³/mol. The molecule has 0 N–H and O–H groups in total. The maximum Gasteiger partial charge on any atom is 0.223 e. The molecule has 2 aromatic rings.